The van der Waals surface area contributed by atoms with Gasteiger partial charge in [-0.2, -0.15) is 5.10 Å². The molecule has 8 heteroatoms. The first-order valence-electron chi connectivity index (χ1n) is 9.41. The van der Waals surface area contributed by atoms with E-state index in [0.29, 0.717) is 13.1 Å². The molecular weight excluding hydrogens is 467 g/mol. The number of nitrogens with zero attached hydrogens (tertiary/aromatic N) is 5. The second-order valence-corrected chi connectivity index (χ2v) is 7.39. The number of aryl methyl sites for hydroxylation is 1. The van der Waals surface area contributed by atoms with Crippen molar-refractivity contribution in [2.75, 3.05) is 38.1 Å². The molecule has 2 aliphatic rings. The fraction of sp³-hybridized carbons (Fsp3) is 0.450. The van der Waals surface area contributed by atoms with Crippen LogP contribution in [0, 0.1) is 0 Å². The average molecular weight is 494 g/mol. The van der Waals surface area contributed by atoms with Crippen molar-refractivity contribution in [1.29, 1.82) is 0 Å². The molecule has 1 N–H and O–H groups in total. The zero-order chi connectivity index (χ0) is 18.9. The van der Waals surface area contributed by atoms with Gasteiger partial charge in [-0.15, -0.1) is 24.0 Å². The van der Waals surface area contributed by atoms with Crippen LogP contribution in [0.3, 0.4) is 0 Å². The van der Waals surface area contributed by atoms with E-state index in [1.54, 1.807) is 22.8 Å². The molecule has 2 aromatic rings. The standard InChI is InChI=1S/C20H26N6O.HI/c1-21-19(22-15-20(8-9-20)16-6-4-3-5-7-16)25-10-11-26(18(27)14-25)17-12-23-24(2)13-17;/h3-7,12-13H,8-11,14-15H2,1-2H3,(H,21,22);1H. The van der Waals surface area contributed by atoms with E-state index in [-0.39, 0.29) is 35.3 Å². The SMILES string of the molecule is CN=C(NCC1(c2ccccc2)CC1)N1CCN(c2cnn(C)c2)C(=O)C1.I. The minimum absolute atomic E-state index is 0. The molecule has 150 valence electrons. The Bertz CT molecular complexity index is 845. The second kappa shape index (κ2) is 8.50. The van der Waals surface area contributed by atoms with E-state index < -0.39 is 0 Å². The monoisotopic (exact) mass is 494 g/mol. The van der Waals surface area contributed by atoms with Crippen LogP contribution in [0.5, 0.6) is 0 Å². The summed E-state index contributed by atoms with van der Waals surface area (Å²) in [6.07, 6.45) is 5.98. The van der Waals surface area contributed by atoms with Gasteiger partial charge in [0.25, 0.3) is 0 Å². The van der Waals surface area contributed by atoms with Crippen LogP contribution >= 0.6 is 24.0 Å². The molecule has 7 nitrogen and oxygen atoms in total. The third-order valence-corrected chi connectivity index (χ3v) is 5.56. The predicted molar refractivity (Wildman–Crippen MR) is 121 cm³/mol. The number of hydrogen-bond acceptors (Lipinski definition) is 3. The largest absolute Gasteiger partial charge is 0.355 e. The third-order valence-electron chi connectivity index (χ3n) is 5.56. The van der Waals surface area contributed by atoms with E-state index in [1.807, 2.05) is 18.1 Å². The maximum absolute atomic E-state index is 12.6. The first-order valence-corrected chi connectivity index (χ1v) is 9.41. The van der Waals surface area contributed by atoms with Crippen LogP contribution in [0.15, 0.2) is 47.7 Å². The van der Waals surface area contributed by atoms with Crippen molar-refractivity contribution in [1.82, 2.24) is 20.0 Å². The first kappa shape index (κ1) is 20.6. The predicted octanol–water partition coefficient (Wildman–Crippen LogP) is 1.99. The van der Waals surface area contributed by atoms with Crippen LogP contribution in [-0.2, 0) is 17.3 Å². The Labute approximate surface area is 182 Å². The lowest BCUT2D eigenvalue weighted by atomic mass is 9.96. The molecule has 1 aliphatic carbocycles. The molecule has 0 unspecified atom stereocenters. The summed E-state index contributed by atoms with van der Waals surface area (Å²) in [4.78, 5) is 20.9. The lowest BCUT2D eigenvalue weighted by Crippen LogP contribution is -2.56. The molecule has 1 aromatic carbocycles. The van der Waals surface area contributed by atoms with Crippen molar-refractivity contribution < 1.29 is 4.79 Å². The Morgan fingerprint density at radius 3 is 2.57 bits per heavy atom. The lowest BCUT2D eigenvalue weighted by molar-refractivity contribution is -0.120. The van der Waals surface area contributed by atoms with Gasteiger partial charge in [0.1, 0.15) is 6.54 Å². The zero-order valence-corrected chi connectivity index (χ0v) is 18.7. The summed E-state index contributed by atoms with van der Waals surface area (Å²) in [5.41, 5.74) is 2.44. The van der Waals surface area contributed by atoms with Gasteiger partial charge in [0.15, 0.2) is 5.96 Å². The number of hydrogen-bond donors (Lipinski definition) is 1. The van der Waals surface area contributed by atoms with E-state index in [4.69, 9.17) is 0 Å². The normalized spacial score (nSPS) is 18.6. The molecule has 1 amide bonds. The van der Waals surface area contributed by atoms with Crippen LogP contribution < -0.4 is 10.2 Å². The van der Waals surface area contributed by atoms with Gasteiger partial charge in [0, 0.05) is 45.3 Å². The van der Waals surface area contributed by atoms with Crippen LogP contribution in [0.2, 0.25) is 0 Å². The van der Waals surface area contributed by atoms with E-state index in [1.165, 1.54) is 18.4 Å². The van der Waals surface area contributed by atoms with Crippen LogP contribution in [0.1, 0.15) is 18.4 Å². The highest BCUT2D eigenvalue weighted by atomic mass is 127. The number of carbonyl (C=O) groups excluding carboxylic acids is 1. The number of anilines is 1. The molecule has 0 radical (unpaired) electrons. The zero-order valence-electron chi connectivity index (χ0n) is 16.3. The number of aromatic nitrogens is 2. The molecule has 2 heterocycles. The maximum atomic E-state index is 12.6. The van der Waals surface area contributed by atoms with Crippen molar-refractivity contribution in [3.63, 3.8) is 0 Å². The molecule has 0 atom stereocenters. The average Bonchev–Trinajstić information content (AvgIpc) is 3.36. The van der Waals surface area contributed by atoms with Gasteiger partial charge < -0.3 is 15.1 Å². The Morgan fingerprint density at radius 2 is 2.00 bits per heavy atom. The maximum Gasteiger partial charge on any atom is 0.246 e. The molecule has 2 fully saturated rings. The smallest absolute Gasteiger partial charge is 0.246 e. The fourth-order valence-corrected chi connectivity index (χ4v) is 3.77. The Morgan fingerprint density at radius 1 is 1.25 bits per heavy atom. The number of rotatable bonds is 4. The highest BCUT2D eigenvalue weighted by molar-refractivity contribution is 14.0. The van der Waals surface area contributed by atoms with Crippen molar-refractivity contribution in [2.45, 2.75) is 18.3 Å². The number of amides is 1. The van der Waals surface area contributed by atoms with Gasteiger partial charge in [-0.05, 0) is 18.4 Å². The van der Waals surface area contributed by atoms with Crippen LogP contribution in [-0.4, -0.2) is 59.8 Å². The summed E-state index contributed by atoms with van der Waals surface area (Å²) in [5.74, 6) is 0.873. The van der Waals surface area contributed by atoms with Crippen molar-refractivity contribution in [3.8, 4) is 0 Å². The second-order valence-electron chi connectivity index (χ2n) is 7.39. The Balaban J connectivity index is 0.00000225. The molecule has 28 heavy (non-hydrogen) atoms. The van der Waals surface area contributed by atoms with Gasteiger partial charge in [-0.25, -0.2) is 0 Å². The lowest BCUT2D eigenvalue weighted by Gasteiger charge is -2.35. The number of nitrogens with one attached hydrogen (secondary N) is 1. The van der Waals surface area contributed by atoms with Gasteiger partial charge in [0.05, 0.1) is 11.9 Å². The summed E-state index contributed by atoms with van der Waals surface area (Å²) < 4.78 is 1.72. The van der Waals surface area contributed by atoms with E-state index in [9.17, 15) is 4.79 Å². The first-order chi connectivity index (χ1) is 13.1. The minimum Gasteiger partial charge on any atom is -0.355 e. The van der Waals surface area contributed by atoms with Crippen molar-refractivity contribution in [2.24, 2.45) is 12.0 Å². The van der Waals surface area contributed by atoms with Crippen molar-refractivity contribution >= 4 is 41.5 Å². The van der Waals surface area contributed by atoms with Gasteiger partial charge >= 0.3 is 0 Å². The number of piperazine rings is 1. The van der Waals surface area contributed by atoms with E-state index in [2.05, 4.69) is 45.7 Å². The highest BCUT2D eigenvalue weighted by Crippen LogP contribution is 2.47. The van der Waals surface area contributed by atoms with Crippen LogP contribution in [0.4, 0.5) is 5.69 Å². The molecule has 4 rings (SSSR count). The minimum atomic E-state index is 0. The molecule has 1 aliphatic heterocycles. The summed E-state index contributed by atoms with van der Waals surface area (Å²) in [6.45, 7) is 2.56. The Kier molecular flexibility index (Phi) is 6.26. The number of carbonyl (C=O) groups is 1. The number of guanidine groups is 1. The number of aliphatic imine (C=N–C) groups is 1. The summed E-state index contributed by atoms with van der Waals surface area (Å²) in [7, 11) is 3.64. The third kappa shape index (κ3) is 4.16. The fourth-order valence-electron chi connectivity index (χ4n) is 3.77. The van der Waals surface area contributed by atoms with Gasteiger partial charge in [-0.1, -0.05) is 30.3 Å². The van der Waals surface area contributed by atoms with E-state index in [0.717, 1.165) is 24.7 Å². The molecule has 1 aromatic heterocycles. The molecule has 0 spiro atoms. The quantitative estimate of drug-likeness (QED) is 0.401. The summed E-state index contributed by atoms with van der Waals surface area (Å²) in [6, 6.07) is 10.7. The van der Waals surface area contributed by atoms with E-state index >= 15 is 0 Å². The summed E-state index contributed by atoms with van der Waals surface area (Å²) >= 11 is 0. The topological polar surface area (TPSA) is 65.8 Å². The van der Waals surface area contributed by atoms with Crippen molar-refractivity contribution in [3.05, 3.63) is 48.3 Å². The number of benzene rings is 1. The molecule has 1 saturated carbocycles. The van der Waals surface area contributed by atoms with Gasteiger partial charge in [-0.3, -0.25) is 14.5 Å². The molecule has 1 saturated heterocycles. The van der Waals surface area contributed by atoms with Crippen LogP contribution in [0.25, 0.3) is 0 Å². The van der Waals surface area contributed by atoms with Gasteiger partial charge in [0.2, 0.25) is 5.91 Å². The highest BCUT2D eigenvalue weighted by Gasteiger charge is 2.44. The molecular formula is C20H27IN6O. The summed E-state index contributed by atoms with van der Waals surface area (Å²) in [5, 5.41) is 7.67. The molecule has 0 bridgehead atoms. The number of halogens is 1. The Hall–Kier alpha value is -2.10.